The Morgan fingerprint density at radius 1 is 1.28 bits per heavy atom. The number of para-hydroxylation sites is 1. The van der Waals surface area contributed by atoms with Gasteiger partial charge in [0, 0.05) is 29.0 Å². The summed E-state index contributed by atoms with van der Waals surface area (Å²) < 4.78 is 11.3. The molecule has 7 atom stereocenters. The number of carbonyl (C=O) groups excluding carboxylic acids is 3. The van der Waals surface area contributed by atoms with Crippen molar-refractivity contribution in [3.63, 3.8) is 0 Å². The summed E-state index contributed by atoms with van der Waals surface area (Å²) in [7, 11) is 0. The summed E-state index contributed by atoms with van der Waals surface area (Å²) in [4.78, 5) is 42.5. The summed E-state index contributed by atoms with van der Waals surface area (Å²) in [5.41, 5.74) is 6.32. The van der Waals surface area contributed by atoms with Gasteiger partial charge in [-0.1, -0.05) is 57.6 Å². The number of esters is 2. The van der Waals surface area contributed by atoms with E-state index in [1.165, 1.54) is 4.90 Å². The van der Waals surface area contributed by atoms with Crippen molar-refractivity contribution in [3.05, 3.63) is 40.9 Å². The van der Waals surface area contributed by atoms with E-state index in [1.807, 2.05) is 26.8 Å². The summed E-state index contributed by atoms with van der Waals surface area (Å²) >= 11 is 6.87. The molecule has 1 amide bonds. The van der Waals surface area contributed by atoms with Crippen LogP contribution in [0.15, 0.2) is 40.9 Å². The highest BCUT2D eigenvalue weighted by Gasteiger charge is 2.61. The molecule has 10 heteroatoms. The first-order chi connectivity index (χ1) is 17.1. The number of thiocarbonyl (C=S) groups is 1. The quantitative estimate of drug-likeness (QED) is 0.215. The van der Waals surface area contributed by atoms with Gasteiger partial charge in [0.25, 0.3) is 0 Å². The van der Waals surface area contributed by atoms with Crippen LogP contribution in [0.2, 0.25) is 0 Å². The topological polar surface area (TPSA) is 111 Å². The van der Waals surface area contributed by atoms with E-state index in [4.69, 9.17) is 27.4 Å². The number of thioether (sulfide) groups is 1. The maximum atomic E-state index is 13.4. The van der Waals surface area contributed by atoms with E-state index in [2.05, 4.69) is 5.32 Å². The van der Waals surface area contributed by atoms with E-state index in [9.17, 15) is 14.4 Å². The minimum absolute atomic E-state index is 0.0289. The molecule has 2 saturated heterocycles. The number of nitrogens with zero attached hydrogens (tertiary/aromatic N) is 1. The lowest BCUT2D eigenvalue weighted by molar-refractivity contribution is -0.173. The van der Waals surface area contributed by atoms with Crippen LogP contribution in [0, 0.1) is 17.8 Å². The molecule has 3 N–H and O–H groups in total. The molecule has 1 aromatic carbocycles. The second-order valence-electron chi connectivity index (χ2n) is 9.73. The van der Waals surface area contributed by atoms with E-state index in [0.29, 0.717) is 18.7 Å². The highest BCUT2D eigenvalue weighted by molar-refractivity contribution is 8.03. The molecule has 0 spiro atoms. The van der Waals surface area contributed by atoms with Crippen LogP contribution in [0.3, 0.4) is 0 Å². The number of carbonyl (C=O) groups is 3. The molecule has 0 radical (unpaired) electrons. The van der Waals surface area contributed by atoms with Gasteiger partial charge in [-0.05, 0) is 25.0 Å². The van der Waals surface area contributed by atoms with Gasteiger partial charge in [-0.15, -0.1) is 11.8 Å². The number of amides is 1. The number of fused-ring (bicyclic) bond motifs is 1. The minimum Gasteiger partial charge on any atom is -0.461 e. The van der Waals surface area contributed by atoms with E-state index in [1.54, 1.807) is 43.0 Å². The first-order valence-electron chi connectivity index (χ1n) is 12.4. The zero-order chi connectivity index (χ0) is 26.1. The molecule has 0 aromatic heterocycles. The second-order valence-corrected chi connectivity index (χ2v) is 11.6. The summed E-state index contributed by atoms with van der Waals surface area (Å²) in [6.45, 7) is 8.28. The number of β-lactam (4-membered cyclic amide) rings is 1. The van der Waals surface area contributed by atoms with Gasteiger partial charge >= 0.3 is 11.9 Å². The molecule has 0 saturated carbocycles. The van der Waals surface area contributed by atoms with Gasteiger partial charge in [-0.2, -0.15) is 0 Å². The fourth-order valence-corrected chi connectivity index (χ4v) is 6.78. The Hall–Kier alpha value is -2.43. The van der Waals surface area contributed by atoms with Crippen molar-refractivity contribution in [1.29, 1.82) is 0 Å². The number of hydrogen-bond acceptors (Lipinski definition) is 8. The molecule has 36 heavy (non-hydrogen) atoms. The monoisotopic (exact) mass is 531 g/mol. The lowest BCUT2D eigenvalue weighted by atomic mass is 9.79. The molecule has 0 bridgehead atoms. The number of nitrogens with two attached hydrogens (primary N) is 1. The Morgan fingerprint density at radius 3 is 2.58 bits per heavy atom. The molecule has 0 aliphatic carbocycles. The maximum absolute atomic E-state index is 13.4. The number of nitrogens with one attached hydrogen (secondary N) is 1. The zero-order valence-corrected chi connectivity index (χ0v) is 22.6. The van der Waals surface area contributed by atoms with Crippen LogP contribution in [0.5, 0.6) is 5.75 Å². The lowest BCUT2D eigenvalue weighted by Gasteiger charge is -2.47. The van der Waals surface area contributed by atoms with Gasteiger partial charge in [0.15, 0.2) is 0 Å². The van der Waals surface area contributed by atoms with Crippen LogP contribution in [-0.2, 0) is 19.1 Å². The van der Waals surface area contributed by atoms with Crippen molar-refractivity contribution in [2.45, 2.75) is 64.0 Å². The molecular formula is C26H33N3O5S2. The Kier molecular flexibility index (Phi) is 8.06. The summed E-state index contributed by atoms with van der Waals surface area (Å²) in [5, 5.41) is 3.34. The van der Waals surface area contributed by atoms with Crippen molar-refractivity contribution in [1.82, 2.24) is 10.2 Å². The molecule has 194 valence electrons. The number of benzene rings is 1. The third-order valence-corrected chi connectivity index (χ3v) is 9.10. The molecule has 2 fully saturated rings. The first-order valence-corrected chi connectivity index (χ1v) is 13.7. The largest absolute Gasteiger partial charge is 0.461 e. The second kappa shape index (κ2) is 10.9. The highest BCUT2D eigenvalue weighted by Crippen LogP contribution is 2.52. The highest BCUT2D eigenvalue weighted by atomic mass is 32.2. The normalized spacial score (nSPS) is 27.6. The van der Waals surface area contributed by atoms with Gasteiger partial charge in [-0.3, -0.25) is 9.59 Å². The van der Waals surface area contributed by atoms with E-state index in [0.717, 1.165) is 16.3 Å². The van der Waals surface area contributed by atoms with Gasteiger partial charge in [0.1, 0.15) is 23.6 Å². The Bertz CT molecular complexity index is 1080. The summed E-state index contributed by atoms with van der Waals surface area (Å²) in [6, 6.07) is 7.74. The van der Waals surface area contributed by atoms with Crippen LogP contribution in [0.25, 0.3) is 0 Å². The standard InChI is InChI=1S/C26H33N3O5S2/c1-5-13(2)20(27)25(31)33-15(4)19-21-14(3)23(36-17-11-18(35)28-12-17)22(29(21)24(19)30)26(32)34-16-9-7-6-8-10-16/h6-10,13-15,17,19-21H,5,11-12,27H2,1-4H3,(H,28,35)/t13?,14-,15-,17-,19-,20+,21-/m1/s1. The SMILES string of the molecule is CCC(C)[C@H](N)C(=O)O[C@H](C)[C@H]1C(=O)N2C(C(=O)Oc3ccccc3)=C(S[C@H]3CNC(=S)C3)[C@H](C)[C@H]12. The first kappa shape index (κ1) is 26.6. The Morgan fingerprint density at radius 2 is 1.97 bits per heavy atom. The third kappa shape index (κ3) is 5.03. The summed E-state index contributed by atoms with van der Waals surface area (Å²) in [6.07, 6.45) is 0.790. The van der Waals surface area contributed by atoms with Crippen molar-refractivity contribution >= 4 is 46.8 Å². The van der Waals surface area contributed by atoms with Gasteiger partial charge in [0.2, 0.25) is 5.91 Å². The minimum atomic E-state index is -0.746. The molecule has 8 nitrogen and oxygen atoms in total. The van der Waals surface area contributed by atoms with Crippen molar-refractivity contribution in [2.75, 3.05) is 6.54 Å². The molecule has 3 aliphatic rings. The van der Waals surface area contributed by atoms with Crippen LogP contribution in [0.4, 0.5) is 0 Å². The van der Waals surface area contributed by atoms with Gasteiger partial charge < -0.3 is 25.4 Å². The molecular weight excluding hydrogens is 498 g/mol. The molecule has 1 unspecified atom stereocenters. The van der Waals surface area contributed by atoms with Crippen molar-refractivity contribution in [2.24, 2.45) is 23.5 Å². The smallest absolute Gasteiger partial charge is 0.361 e. The van der Waals surface area contributed by atoms with Crippen LogP contribution in [0.1, 0.15) is 40.5 Å². The Labute approximate surface area is 221 Å². The van der Waals surface area contributed by atoms with Crippen molar-refractivity contribution < 1.29 is 23.9 Å². The van der Waals surface area contributed by atoms with Crippen LogP contribution in [-0.4, -0.2) is 57.7 Å². The van der Waals surface area contributed by atoms with Gasteiger partial charge in [-0.25, -0.2) is 4.79 Å². The summed E-state index contributed by atoms with van der Waals surface area (Å²) in [5.74, 6) is -1.64. The van der Waals surface area contributed by atoms with Crippen molar-refractivity contribution in [3.8, 4) is 5.75 Å². The number of ether oxygens (including phenoxy) is 2. The van der Waals surface area contributed by atoms with Gasteiger partial charge in [0.05, 0.1) is 16.9 Å². The van der Waals surface area contributed by atoms with Crippen LogP contribution < -0.4 is 15.8 Å². The molecule has 3 heterocycles. The predicted molar refractivity (Wildman–Crippen MR) is 142 cm³/mol. The average Bonchev–Trinajstić information content (AvgIpc) is 3.37. The fraction of sp³-hybridized carbons (Fsp3) is 0.538. The fourth-order valence-electron chi connectivity index (χ4n) is 4.96. The van der Waals surface area contributed by atoms with Crippen LogP contribution >= 0.6 is 24.0 Å². The number of hydrogen-bond donors (Lipinski definition) is 2. The van der Waals surface area contributed by atoms with E-state index in [-0.39, 0.29) is 34.7 Å². The third-order valence-electron chi connectivity index (χ3n) is 7.31. The maximum Gasteiger partial charge on any atom is 0.361 e. The molecule has 4 rings (SSSR count). The zero-order valence-electron chi connectivity index (χ0n) is 20.9. The number of rotatable bonds is 9. The van der Waals surface area contributed by atoms with E-state index >= 15 is 0 Å². The Balaban J connectivity index is 1.56. The lowest BCUT2D eigenvalue weighted by Crippen LogP contribution is -2.64. The average molecular weight is 532 g/mol. The molecule has 3 aliphatic heterocycles. The van der Waals surface area contributed by atoms with E-state index < -0.39 is 30.0 Å². The molecule has 1 aromatic rings. The predicted octanol–water partition coefficient (Wildman–Crippen LogP) is 3.01.